The summed E-state index contributed by atoms with van der Waals surface area (Å²) < 4.78 is 30.7. The number of pyridine rings is 2. The van der Waals surface area contributed by atoms with Gasteiger partial charge >= 0.3 is 0 Å². The van der Waals surface area contributed by atoms with E-state index in [4.69, 9.17) is 33.9 Å². The maximum absolute atomic E-state index is 7.79. The van der Waals surface area contributed by atoms with Gasteiger partial charge in [0.1, 0.15) is 23.0 Å². The van der Waals surface area contributed by atoms with Gasteiger partial charge in [0.05, 0.1) is 5.48 Å². The highest BCUT2D eigenvalue weighted by molar-refractivity contribution is 6.07. The SMILES string of the molecule is N=C(N)c1nc(N)cc2ccccc12.[3H]c1ccc2c(C(N)=NN)nc([3H])c([3H])c2c1[3H]. The maximum atomic E-state index is 7.79. The molecule has 0 aliphatic heterocycles. The Morgan fingerprint density at radius 2 is 1.71 bits per heavy atom. The number of amidine groups is 2. The molecule has 140 valence electrons. The van der Waals surface area contributed by atoms with Gasteiger partial charge in [0.15, 0.2) is 5.84 Å². The smallest absolute Gasteiger partial charge is 0.169 e. The number of nitrogens with zero attached hydrogens (tertiary/aromatic N) is 3. The van der Waals surface area contributed by atoms with Crippen molar-refractivity contribution in [3.8, 4) is 0 Å². The summed E-state index contributed by atoms with van der Waals surface area (Å²) in [4.78, 5) is 7.87. The third-order valence-corrected chi connectivity index (χ3v) is 3.80. The third-order valence-electron chi connectivity index (χ3n) is 3.80. The fourth-order valence-corrected chi connectivity index (χ4v) is 2.57. The van der Waals surface area contributed by atoms with Crippen LogP contribution >= 0.6 is 0 Å². The molecule has 2 aromatic heterocycles. The Balaban J connectivity index is 0.000000186. The van der Waals surface area contributed by atoms with Crippen LogP contribution in [0.4, 0.5) is 5.82 Å². The molecule has 9 N–H and O–H groups in total. The van der Waals surface area contributed by atoms with Crippen LogP contribution in [0.15, 0.2) is 71.9 Å². The van der Waals surface area contributed by atoms with Crippen molar-refractivity contribution in [1.82, 2.24) is 9.97 Å². The van der Waals surface area contributed by atoms with Crippen molar-refractivity contribution in [3.63, 3.8) is 0 Å². The maximum Gasteiger partial charge on any atom is 0.169 e. The van der Waals surface area contributed by atoms with E-state index in [-0.39, 0.29) is 47.1 Å². The number of anilines is 1. The molecule has 0 radical (unpaired) electrons. The first kappa shape index (κ1) is 13.9. The average molecular weight is 380 g/mol. The highest BCUT2D eigenvalue weighted by Crippen LogP contribution is 2.19. The number of hydrogen-bond acceptors (Lipinski definition) is 6. The lowest BCUT2D eigenvalue weighted by Crippen LogP contribution is -2.17. The second-order valence-electron chi connectivity index (χ2n) is 5.63. The van der Waals surface area contributed by atoms with Gasteiger partial charge in [0, 0.05) is 16.9 Å². The Morgan fingerprint density at radius 3 is 2.46 bits per heavy atom. The van der Waals surface area contributed by atoms with E-state index in [0.717, 1.165) is 10.8 Å². The molecule has 0 aliphatic carbocycles. The molecular formula is C20H20N8. The van der Waals surface area contributed by atoms with Crippen LogP contribution in [0, 0.1) is 5.41 Å². The summed E-state index contributed by atoms with van der Waals surface area (Å²) in [5.74, 6) is 5.33. The number of fused-ring (bicyclic) bond motifs is 2. The molecule has 0 unspecified atom stereocenters. The van der Waals surface area contributed by atoms with Gasteiger partial charge in [-0.1, -0.05) is 48.5 Å². The van der Waals surface area contributed by atoms with Crippen molar-refractivity contribution in [2.24, 2.45) is 22.4 Å². The largest absolute Gasteiger partial charge is 0.384 e. The zero-order valence-corrected chi connectivity index (χ0v) is 14.7. The number of nitrogen functional groups attached to an aromatic ring is 2. The molecule has 0 bridgehead atoms. The van der Waals surface area contributed by atoms with Gasteiger partial charge in [-0.05, 0) is 22.9 Å². The zero-order chi connectivity index (χ0) is 23.6. The lowest BCUT2D eigenvalue weighted by molar-refractivity contribution is 1.20. The van der Waals surface area contributed by atoms with Gasteiger partial charge in [-0.25, -0.2) is 4.98 Å². The Morgan fingerprint density at radius 1 is 1.00 bits per heavy atom. The fraction of sp³-hybridized carbons (Fsp3) is 0. The summed E-state index contributed by atoms with van der Waals surface area (Å²) in [5.41, 5.74) is 17.2. The Bertz CT molecular complexity index is 1380. The average Bonchev–Trinajstić information content (AvgIpc) is 2.77. The quantitative estimate of drug-likeness (QED) is 0.154. The molecule has 0 aliphatic rings. The molecule has 0 fully saturated rings. The van der Waals surface area contributed by atoms with E-state index < -0.39 is 0 Å². The van der Waals surface area contributed by atoms with E-state index in [9.17, 15) is 0 Å². The summed E-state index contributed by atoms with van der Waals surface area (Å²) >= 11 is 0. The first-order valence-corrected chi connectivity index (χ1v) is 8.06. The first-order chi connectivity index (χ1) is 15.1. The van der Waals surface area contributed by atoms with E-state index >= 15 is 0 Å². The van der Waals surface area contributed by atoms with Crippen molar-refractivity contribution in [2.75, 3.05) is 5.73 Å². The molecule has 2 aromatic carbocycles. The van der Waals surface area contributed by atoms with Crippen LogP contribution in [0.3, 0.4) is 0 Å². The second-order valence-corrected chi connectivity index (χ2v) is 5.63. The van der Waals surface area contributed by atoms with Crippen molar-refractivity contribution in [3.05, 3.63) is 78.2 Å². The highest BCUT2D eigenvalue weighted by atomic mass is 15.2. The lowest BCUT2D eigenvalue weighted by Gasteiger charge is -2.04. The van der Waals surface area contributed by atoms with Gasteiger partial charge in [-0.2, -0.15) is 5.10 Å². The van der Waals surface area contributed by atoms with E-state index in [1.165, 1.54) is 12.1 Å². The number of nitrogens with one attached hydrogen (secondary N) is 1. The third kappa shape index (κ3) is 3.80. The van der Waals surface area contributed by atoms with E-state index in [2.05, 4.69) is 15.1 Å². The Kier molecular flexibility index (Phi) is 3.98. The minimum Gasteiger partial charge on any atom is -0.384 e. The summed E-state index contributed by atoms with van der Waals surface area (Å²) in [5, 5.41) is 13.0. The summed E-state index contributed by atoms with van der Waals surface area (Å²) in [7, 11) is 0. The van der Waals surface area contributed by atoms with Gasteiger partial charge in [-0.15, -0.1) is 0 Å². The predicted molar refractivity (Wildman–Crippen MR) is 114 cm³/mol. The molecule has 0 spiro atoms. The summed E-state index contributed by atoms with van der Waals surface area (Å²) in [6.45, 7) is 0. The van der Waals surface area contributed by atoms with Crippen LogP contribution in [0.25, 0.3) is 21.5 Å². The predicted octanol–water partition coefficient (Wildman–Crippen LogP) is 1.91. The number of hydrogen-bond donors (Lipinski definition) is 5. The van der Waals surface area contributed by atoms with Crippen molar-refractivity contribution >= 4 is 39.0 Å². The molecule has 28 heavy (non-hydrogen) atoms. The molecular weight excluding hydrogens is 352 g/mol. The number of nitrogens with two attached hydrogens (primary N) is 4. The summed E-state index contributed by atoms with van der Waals surface area (Å²) in [6.07, 6.45) is -0.330. The van der Waals surface area contributed by atoms with E-state index in [1.807, 2.05) is 24.3 Å². The van der Waals surface area contributed by atoms with Crippen LogP contribution in [0.1, 0.15) is 16.9 Å². The zero-order valence-electron chi connectivity index (χ0n) is 18.7. The number of hydrazone groups is 1. The van der Waals surface area contributed by atoms with Crippen LogP contribution in [0.2, 0.25) is 0 Å². The van der Waals surface area contributed by atoms with Crippen LogP contribution < -0.4 is 23.0 Å². The first-order valence-electron chi connectivity index (χ1n) is 10.1. The van der Waals surface area contributed by atoms with Crippen LogP contribution in [-0.4, -0.2) is 21.6 Å². The molecule has 0 atom stereocenters. The number of benzene rings is 2. The van der Waals surface area contributed by atoms with Crippen LogP contribution in [0.5, 0.6) is 0 Å². The molecule has 0 saturated carbocycles. The van der Waals surface area contributed by atoms with Gasteiger partial charge in [0.2, 0.25) is 0 Å². The van der Waals surface area contributed by atoms with Gasteiger partial charge in [0.25, 0.3) is 0 Å². The minimum atomic E-state index is -0.330. The van der Waals surface area contributed by atoms with Crippen molar-refractivity contribution in [2.45, 2.75) is 0 Å². The molecule has 4 rings (SSSR count). The molecule has 0 saturated heterocycles. The number of rotatable bonds is 2. The molecule has 2 heterocycles. The minimum absolute atomic E-state index is 0.0317. The van der Waals surface area contributed by atoms with E-state index in [0.29, 0.717) is 16.9 Å². The lowest BCUT2D eigenvalue weighted by atomic mass is 10.1. The van der Waals surface area contributed by atoms with Gasteiger partial charge < -0.3 is 23.0 Å². The fourth-order valence-electron chi connectivity index (χ4n) is 2.57. The monoisotopic (exact) mass is 380 g/mol. The van der Waals surface area contributed by atoms with E-state index in [1.54, 1.807) is 6.07 Å². The normalized spacial score (nSPS) is 13.1. The van der Waals surface area contributed by atoms with Gasteiger partial charge in [-0.3, -0.25) is 10.4 Å². The topological polar surface area (TPSA) is 166 Å². The molecule has 4 aromatic rings. The number of aromatic nitrogens is 2. The van der Waals surface area contributed by atoms with Crippen LogP contribution in [-0.2, 0) is 0 Å². The summed E-state index contributed by atoms with van der Waals surface area (Å²) in [6, 6.07) is 11.9. The Labute approximate surface area is 167 Å². The molecule has 8 nitrogen and oxygen atoms in total. The standard InChI is InChI=1S/2C10H10N4/c11-10(14-12)9-8-4-2-1-3-7(8)5-6-13-9;11-8-5-6-3-1-2-4-7(6)9(14-8)10(12)13/h1-6H,12H2,(H2,11,14);1-5H,(H2,11,14)(H3,12,13)/i1T,3T,5T,6T;. The molecule has 0 amide bonds. The second kappa shape index (κ2) is 8.00. The molecule has 8 heteroatoms. The Hall–Kier alpha value is -4.20. The highest BCUT2D eigenvalue weighted by Gasteiger charge is 2.06. The van der Waals surface area contributed by atoms with Crippen molar-refractivity contribution < 1.29 is 5.48 Å². The van der Waals surface area contributed by atoms with Crippen molar-refractivity contribution in [1.29, 1.82) is 5.41 Å².